The first-order valence-electron chi connectivity index (χ1n) is 8.92. The average molecular weight is 380 g/mol. The monoisotopic (exact) mass is 380 g/mol. The number of hydrogen-bond donors (Lipinski definition) is 0. The molecule has 0 aliphatic heterocycles. The fraction of sp³-hybridized carbons (Fsp3) is 0.364. The van der Waals surface area contributed by atoms with E-state index >= 15 is 0 Å². The van der Waals surface area contributed by atoms with Crippen molar-refractivity contribution in [2.75, 3.05) is 0 Å². The van der Waals surface area contributed by atoms with E-state index in [0.717, 1.165) is 36.8 Å². The van der Waals surface area contributed by atoms with E-state index in [1.54, 1.807) is 12.1 Å². The Kier molecular flexibility index (Phi) is 5.55. The zero-order valence-electron chi connectivity index (χ0n) is 14.8. The SMILES string of the molecule is CC1CCC(c2ccc(-c3cc(F)c(C#CC(F)(F)F)c(F)c3)cc2)CC1.[HH]. The van der Waals surface area contributed by atoms with Crippen LogP contribution in [0.4, 0.5) is 22.0 Å². The minimum absolute atomic E-state index is 0. The lowest BCUT2D eigenvalue weighted by Gasteiger charge is -2.26. The van der Waals surface area contributed by atoms with Gasteiger partial charge < -0.3 is 0 Å². The van der Waals surface area contributed by atoms with Crippen LogP contribution in [0.25, 0.3) is 11.1 Å². The molecule has 0 radical (unpaired) electrons. The van der Waals surface area contributed by atoms with Crippen LogP contribution >= 0.6 is 0 Å². The third kappa shape index (κ3) is 4.88. The van der Waals surface area contributed by atoms with Gasteiger partial charge in [-0.2, -0.15) is 13.2 Å². The van der Waals surface area contributed by atoms with Crippen LogP contribution in [-0.2, 0) is 0 Å². The van der Waals surface area contributed by atoms with Gasteiger partial charge in [-0.3, -0.25) is 0 Å². The number of halogens is 5. The van der Waals surface area contributed by atoms with E-state index < -0.39 is 23.4 Å². The van der Waals surface area contributed by atoms with Crippen molar-refractivity contribution in [2.24, 2.45) is 5.92 Å². The van der Waals surface area contributed by atoms with Gasteiger partial charge in [-0.05, 0) is 53.5 Å². The summed E-state index contributed by atoms with van der Waals surface area (Å²) in [6.07, 6.45) is -0.135. The minimum atomic E-state index is -4.80. The van der Waals surface area contributed by atoms with Gasteiger partial charge in [-0.25, -0.2) is 8.78 Å². The maximum Gasteiger partial charge on any atom is 0.458 e. The van der Waals surface area contributed by atoms with Crippen LogP contribution in [0.2, 0.25) is 0 Å². The van der Waals surface area contributed by atoms with Gasteiger partial charge in [0.05, 0.1) is 5.56 Å². The molecule has 0 saturated heterocycles. The van der Waals surface area contributed by atoms with Crippen molar-refractivity contribution in [3.8, 4) is 23.0 Å². The van der Waals surface area contributed by atoms with Gasteiger partial charge in [0.1, 0.15) is 11.6 Å². The summed E-state index contributed by atoms with van der Waals surface area (Å²) >= 11 is 0. The van der Waals surface area contributed by atoms with Crippen molar-refractivity contribution in [2.45, 2.75) is 44.7 Å². The van der Waals surface area contributed by atoms with E-state index in [2.05, 4.69) is 6.92 Å². The summed E-state index contributed by atoms with van der Waals surface area (Å²) < 4.78 is 64.6. The Hall–Kier alpha value is -2.35. The smallest absolute Gasteiger partial charge is 0.205 e. The summed E-state index contributed by atoms with van der Waals surface area (Å²) in [6.45, 7) is 2.26. The molecular formula is C22H21F5. The topological polar surface area (TPSA) is 0 Å². The summed E-state index contributed by atoms with van der Waals surface area (Å²) in [5.74, 6) is 1.48. The molecule has 0 heterocycles. The molecule has 1 aliphatic carbocycles. The van der Waals surface area contributed by atoms with Gasteiger partial charge in [-0.15, -0.1) is 0 Å². The van der Waals surface area contributed by atoms with E-state index in [-0.39, 0.29) is 6.99 Å². The van der Waals surface area contributed by atoms with Crippen LogP contribution in [0.3, 0.4) is 0 Å². The number of hydrogen-bond acceptors (Lipinski definition) is 0. The van der Waals surface area contributed by atoms with Crippen LogP contribution < -0.4 is 0 Å². The molecule has 5 heteroatoms. The lowest BCUT2D eigenvalue weighted by molar-refractivity contribution is -0.0696. The Morgan fingerprint density at radius 1 is 0.889 bits per heavy atom. The highest BCUT2D eigenvalue weighted by atomic mass is 19.4. The molecule has 2 aromatic carbocycles. The first kappa shape index (κ1) is 19.4. The fourth-order valence-corrected chi connectivity index (χ4v) is 3.53. The standard InChI is InChI=1S/C22H19F5.H2/c1-14-2-4-15(5-3-14)16-6-8-17(9-7-16)18-12-20(23)19(21(24)13-18)10-11-22(25,26)27;/h6-9,12-15H,2-5H2,1H3;1H. The average Bonchev–Trinajstić information content (AvgIpc) is 2.61. The van der Waals surface area contributed by atoms with Crippen molar-refractivity contribution in [3.05, 3.63) is 59.2 Å². The molecule has 1 saturated carbocycles. The molecule has 2 aromatic rings. The molecule has 1 aliphatic rings. The summed E-state index contributed by atoms with van der Waals surface area (Å²) in [7, 11) is 0. The molecule has 1 fully saturated rings. The second kappa shape index (κ2) is 7.72. The highest BCUT2D eigenvalue weighted by Crippen LogP contribution is 2.36. The molecule has 144 valence electrons. The van der Waals surface area contributed by atoms with Crippen molar-refractivity contribution in [3.63, 3.8) is 0 Å². The predicted octanol–water partition coefficient (Wildman–Crippen LogP) is 7.09. The Balaban J connectivity index is 0.00000280. The Morgan fingerprint density at radius 2 is 1.44 bits per heavy atom. The van der Waals surface area contributed by atoms with Gasteiger partial charge in [0.15, 0.2) is 0 Å². The predicted molar refractivity (Wildman–Crippen MR) is 97.2 cm³/mol. The van der Waals surface area contributed by atoms with Gasteiger partial charge in [0.25, 0.3) is 0 Å². The van der Waals surface area contributed by atoms with E-state index in [9.17, 15) is 22.0 Å². The maximum absolute atomic E-state index is 14.1. The van der Waals surface area contributed by atoms with Crippen LogP contribution in [-0.4, -0.2) is 6.18 Å². The van der Waals surface area contributed by atoms with E-state index in [4.69, 9.17) is 0 Å². The van der Waals surface area contributed by atoms with Gasteiger partial charge in [-0.1, -0.05) is 50.0 Å². The molecule has 0 N–H and O–H groups in total. The van der Waals surface area contributed by atoms with Gasteiger partial charge in [0, 0.05) is 7.35 Å². The zero-order chi connectivity index (χ0) is 19.6. The number of benzene rings is 2. The van der Waals surface area contributed by atoms with Crippen LogP contribution in [0.5, 0.6) is 0 Å². The van der Waals surface area contributed by atoms with Crippen LogP contribution in [0.1, 0.15) is 51.1 Å². The molecule has 0 unspecified atom stereocenters. The van der Waals surface area contributed by atoms with Crippen molar-refractivity contribution < 1.29 is 23.4 Å². The fourth-order valence-electron chi connectivity index (χ4n) is 3.53. The second-order valence-corrected chi connectivity index (χ2v) is 7.14. The normalized spacial score (nSPS) is 20.1. The Morgan fingerprint density at radius 3 is 1.96 bits per heavy atom. The summed E-state index contributed by atoms with van der Waals surface area (Å²) in [5.41, 5.74) is 1.21. The van der Waals surface area contributed by atoms with Crippen LogP contribution in [0, 0.1) is 29.4 Å². The second-order valence-electron chi connectivity index (χ2n) is 7.14. The highest BCUT2D eigenvalue weighted by molar-refractivity contribution is 5.65. The first-order valence-corrected chi connectivity index (χ1v) is 8.92. The Labute approximate surface area is 156 Å². The molecule has 0 spiro atoms. The first-order chi connectivity index (χ1) is 12.7. The molecule has 0 aromatic heterocycles. The number of rotatable bonds is 2. The number of alkyl halides is 3. The minimum Gasteiger partial charge on any atom is -0.205 e. The molecular weight excluding hydrogens is 359 g/mol. The molecule has 0 amide bonds. The van der Waals surface area contributed by atoms with Gasteiger partial charge >= 0.3 is 6.18 Å². The summed E-state index contributed by atoms with van der Waals surface area (Å²) in [5, 5.41) is 0. The lowest BCUT2D eigenvalue weighted by Crippen LogP contribution is -2.10. The van der Waals surface area contributed by atoms with E-state index in [1.807, 2.05) is 12.1 Å². The highest BCUT2D eigenvalue weighted by Gasteiger charge is 2.24. The molecule has 0 atom stereocenters. The summed E-state index contributed by atoms with van der Waals surface area (Å²) in [4.78, 5) is 0. The summed E-state index contributed by atoms with van der Waals surface area (Å²) in [6, 6.07) is 9.54. The lowest BCUT2D eigenvalue weighted by atomic mass is 9.79. The zero-order valence-corrected chi connectivity index (χ0v) is 14.8. The molecule has 0 bridgehead atoms. The van der Waals surface area contributed by atoms with E-state index in [1.165, 1.54) is 24.3 Å². The van der Waals surface area contributed by atoms with Crippen molar-refractivity contribution >= 4 is 0 Å². The Bertz CT molecular complexity index is 844. The largest absolute Gasteiger partial charge is 0.458 e. The molecule has 27 heavy (non-hydrogen) atoms. The maximum atomic E-state index is 14.1. The van der Waals surface area contributed by atoms with Crippen LogP contribution in [0.15, 0.2) is 36.4 Å². The third-order valence-electron chi connectivity index (χ3n) is 5.10. The molecule has 3 rings (SSSR count). The third-order valence-corrected chi connectivity index (χ3v) is 5.10. The van der Waals surface area contributed by atoms with Crippen molar-refractivity contribution in [1.29, 1.82) is 0 Å². The van der Waals surface area contributed by atoms with Gasteiger partial charge in [0.2, 0.25) is 0 Å². The molecule has 0 nitrogen and oxygen atoms in total. The van der Waals surface area contributed by atoms with E-state index in [0.29, 0.717) is 11.5 Å². The quantitative estimate of drug-likeness (QED) is 0.385. The van der Waals surface area contributed by atoms with Crippen molar-refractivity contribution in [1.82, 2.24) is 0 Å².